The Bertz CT molecular complexity index is 88.6. The molecule has 0 aromatic carbocycles. The molecule has 0 unspecified atom stereocenters. The Morgan fingerprint density at radius 2 is 1.25 bits per heavy atom. The molecule has 0 aromatic rings. The number of hydrogen-bond acceptors (Lipinski definition) is 0. The van der Waals surface area contributed by atoms with Crippen LogP contribution in [0.15, 0.2) is 0 Å². The first kappa shape index (κ1) is 7.12. The number of rotatable bonds is 0. The Morgan fingerprint density at radius 3 is 1.25 bits per heavy atom. The lowest BCUT2D eigenvalue weighted by atomic mass is 11.7. The van der Waals surface area contributed by atoms with E-state index in [1.165, 1.54) is 11.3 Å². The number of hydrogen-bond donors (Lipinski definition) is 0. The highest BCUT2D eigenvalue weighted by molar-refractivity contribution is 7.44. The molecule has 4 heteroatoms. The molecule has 0 radical (unpaired) electrons. The third kappa shape index (κ3) is 1.50. The van der Waals surface area contributed by atoms with Crippen LogP contribution >= 0.6 is 22.2 Å². The largest absolute Gasteiger partial charge is 0.168 e. The molecule has 0 aliphatic carbocycles. The molecule has 0 saturated carbocycles. The van der Waals surface area contributed by atoms with Gasteiger partial charge in [0.05, 0.1) is 0 Å². The third-order valence-corrected chi connectivity index (χ3v) is 18.1. The molecule has 0 bridgehead atoms. The second-order valence-electron chi connectivity index (χ2n) is 3.18. The Labute approximate surface area is 61.6 Å². The van der Waals surface area contributed by atoms with Crippen molar-refractivity contribution in [1.29, 1.82) is 0 Å². The topological polar surface area (TPSA) is 0 Å². The minimum atomic E-state index is -1.18. The van der Waals surface area contributed by atoms with Gasteiger partial charge in [-0.25, -0.2) is 0 Å². The second kappa shape index (κ2) is 1.75. The first-order valence-electron chi connectivity index (χ1n) is 2.79. The fourth-order valence-electron chi connectivity index (χ4n) is 1.49. The normalized spacial score (nSPS) is 55.5. The molecule has 0 N–H and O–H groups in total. The summed E-state index contributed by atoms with van der Waals surface area (Å²) in [5.74, 6) is 0. The predicted octanol–water partition coefficient (Wildman–Crippen LogP) is 2.71. The monoisotopic (exact) mass is 184 g/mol. The molecular formula is C4H10Cl2Si2. The Kier molecular flexibility index (Phi) is 1.56. The molecule has 1 aliphatic rings. The molecular weight excluding hydrogens is 175 g/mol. The zero-order chi connectivity index (χ0) is 6.41. The lowest BCUT2D eigenvalue weighted by Gasteiger charge is -2.41. The van der Waals surface area contributed by atoms with Crippen LogP contribution in [-0.2, 0) is 0 Å². The minimum Gasteiger partial charge on any atom is -0.168 e. The van der Waals surface area contributed by atoms with Crippen LogP contribution in [0.3, 0.4) is 0 Å². The molecule has 1 saturated heterocycles. The van der Waals surface area contributed by atoms with Crippen LogP contribution in [0.2, 0.25) is 24.4 Å². The summed E-state index contributed by atoms with van der Waals surface area (Å²) in [6.45, 7) is 4.40. The van der Waals surface area contributed by atoms with E-state index >= 15 is 0 Å². The summed E-state index contributed by atoms with van der Waals surface area (Å²) in [5.41, 5.74) is 2.42. The molecule has 0 atom stereocenters. The van der Waals surface area contributed by atoms with Crippen molar-refractivity contribution in [2.24, 2.45) is 0 Å². The first-order chi connectivity index (χ1) is 3.41. The van der Waals surface area contributed by atoms with Crippen LogP contribution in [0, 0.1) is 0 Å². The smallest absolute Gasteiger partial charge is 0.150 e. The molecule has 0 nitrogen and oxygen atoms in total. The summed E-state index contributed by atoms with van der Waals surface area (Å²) < 4.78 is 0. The summed E-state index contributed by atoms with van der Waals surface area (Å²) in [6, 6.07) is 0. The molecule has 8 heavy (non-hydrogen) atoms. The van der Waals surface area contributed by atoms with Crippen LogP contribution in [0.4, 0.5) is 0 Å². The van der Waals surface area contributed by atoms with Crippen LogP contribution in [0.5, 0.6) is 0 Å². The minimum absolute atomic E-state index is 1.18. The molecule has 1 aliphatic heterocycles. The maximum absolute atomic E-state index is 6.08. The van der Waals surface area contributed by atoms with Gasteiger partial charge in [0.2, 0.25) is 0 Å². The average Bonchev–Trinajstić information content (AvgIpc) is 1.20. The van der Waals surface area contributed by atoms with Gasteiger partial charge in [-0.3, -0.25) is 0 Å². The molecule has 0 amide bonds. The van der Waals surface area contributed by atoms with Gasteiger partial charge in [0.15, 0.2) is 14.8 Å². The molecule has 1 fully saturated rings. The summed E-state index contributed by atoms with van der Waals surface area (Å²) >= 11 is 12.2. The van der Waals surface area contributed by atoms with Crippen LogP contribution < -0.4 is 0 Å². The quantitative estimate of drug-likeness (QED) is 0.402. The maximum atomic E-state index is 6.08. The molecule has 48 valence electrons. The highest BCUT2D eigenvalue weighted by Gasteiger charge is 2.50. The third-order valence-electron chi connectivity index (χ3n) is 1.47. The standard InChI is InChI=1S/C4H10Cl2Si2/c1-7(5)3-8(2,6)4-7/h3-4H2,1-2H3. The Hall–Kier alpha value is 1.01. The van der Waals surface area contributed by atoms with Crippen LogP contribution in [-0.4, -0.2) is 14.8 Å². The lowest BCUT2D eigenvalue weighted by molar-refractivity contribution is 1.46. The average molecular weight is 185 g/mol. The van der Waals surface area contributed by atoms with E-state index in [4.69, 9.17) is 22.2 Å². The van der Waals surface area contributed by atoms with E-state index < -0.39 is 14.8 Å². The first-order valence-corrected chi connectivity index (χ1v) is 10.6. The SMILES string of the molecule is C[Si]1(Cl)C[Si](C)(Cl)C1. The fourth-order valence-corrected chi connectivity index (χ4v) is 25.2. The lowest BCUT2D eigenvalue weighted by Crippen LogP contribution is -2.52. The van der Waals surface area contributed by atoms with Gasteiger partial charge in [-0.05, 0) is 11.3 Å². The van der Waals surface area contributed by atoms with Crippen LogP contribution in [0.1, 0.15) is 0 Å². The maximum Gasteiger partial charge on any atom is 0.150 e. The van der Waals surface area contributed by atoms with E-state index in [1.54, 1.807) is 0 Å². The van der Waals surface area contributed by atoms with E-state index in [2.05, 4.69) is 13.1 Å². The zero-order valence-corrected chi connectivity index (χ0v) is 8.68. The van der Waals surface area contributed by atoms with Crippen molar-refractivity contribution in [1.82, 2.24) is 0 Å². The van der Waals surface area contributed by atoms with Crippen molar-refractivity contribution in [3.63, 3.8) is 0 Å². The van der Waals surface area contributed by atoms with Crippen molar-refractivity contribution < 1.29 is 0 Å². The molecule has 1 heterocycles. The molecule has 1 rings (SSSR count). The van der Waals surface area contributed by atoms with Gasteiger partial charge in [0.25, 0.3) is 0 Å². The van der Waals surface area contributed by atoms with Crippen molar-refractivity contribution in [3.05, 3.63) is 0 Å². The summed E-state index contributed by atoms with van der Waals surface area (Å²) in [5, 5.41) is 0. The molecule has 0 aromatic heterocycles. The second-order valence-corrected chi connectivity index (χ2v) is 17.1. The highest BCUT2D eigenvalue weighted by Crippen LogP contribution is 2.44. The van der Waals surface area contributed by atoms with E-state index in [9.17, 15) is 0 Å². The summed E-state index contributed by atoms with van der Waals surface area (Å²) in [4.78, 5) is 0. The van der Waals surface area contributed by atoms with Crippen LogP contribution in [0.25, 0.3) is 0 Å². The van der Waals surface area contributed by atoms with Gasteiger partial charge in [-0.2, -0.15) is 22.2 Å². The number of halogens is 2. The highest BCUT2D eigenvalue weighted by atomic mass is 35.6. The van der Waals surface area contributed by atoms with Gasteiger partial charge in [0, 0.05) is 0 Å². The van der Waals surface area contributed by atoms with E-state index in [0.29, 0.717) is 0 Å². The van der Waals surface area contributed by atoms with Crippen molar-refractivity contribution >= 4 is 36.9 Å². The fraction of sp³-hybridized carbons (Fsp3) is 1.00. The van der Waals surface area contributed by atoms with Gasteiger partial charge in [-0.15, -0.1) is 0 Å². The van der Waals surface area contributed by atoms with Crippen molar-refractivity contribution in [2.45, 2.75) is 24.4 Å². The van der Waals surface area contributed by atoms with E-state index in [-0.39, 0.29) is 0 Å². The Balaban J connectivity index is 2.42. The van der Waals surface area contributed by atoms with Gasteiger partial charge >= 0.3 is 0 Å². The van der Waals surface area contributed by atoms with E-state index in [0.717, 1.165) is 0 Å². The predicted molar refractivity (Wildman–Crippen MR) is 44.6 cm³/mol. The van der Waals surface area contributed by atoms with Crippen molar-refractivity contribution in [2.75, 3.05) is 0 Å². The Morgan fingerprint density at radius 1 is 1.00 bits per heavy atom. The van der Waals surface area contributed by atoms with Gasteiger partial charge in [0.1, 0.15) is 0 Å². The summed E-state index contributed by atoms with van der Waals surface area (Å²) in [7, 11) is -2.37. The van der Waals surface area contributed by atoms with Crippen molar-refractivity contribution in [3.8, 4) is 0 Å². The molecule has 0 spiro atoms. The van der Waals surface area contributed by atoms with E-state index in [1.807, 2.05) is 0 Å². The van der Waals surface area contributed by atoms with Gasteiger partial charge in [-0.1, -0.05) is 13.1 Å². The summed E-state index contributed by atoms with van der Waals surface area (Å²) in [6.07, 6.45) is 0. The zero-order valence-electron chi connectivity index (χ0n) is 5.17. The van der Waals surface area contributed by atoms with Gasteiger partial charge < -0.3 is 0 Å².